The normalized spacial score (nSPS) is 22.2. The van der Waals surface area contributed by atoms with Gasteiger partial charge in [-0.2, -0.15) is 0 Å². The topological polar surface area (TPSA) is 125 Å². The van der Waals surface area contributed by atoms with Crippen LogP contribution in [-0.2, 0) is 26.3 Å². The highest BCUT2D eigenvalue weighted by atomic mass is 19.3. The molecule has 1 spiro atoms. The average Bonchev–Trinajstić information content (AvgIpc) is 3.39. The van der Waals surface area contributed by atoms with Crippen LogP contribution in [0.4, 0.5) is 29.3 Å². The standard InChI is InChI=1S/C28H25F3N4O6/c1-34(15-10-18-22(19(29)11-15)33-25(39)27(18)6-8-28(30,31)9-7-27)26(40)41-16-3-2-14-13-35(24(38)17(14)12-16)20-4-5-21(36)32-23(20)37/h2-3,10-12,20H,4-9,13H2,1H3,(H,33,39)(H,32,36,37). The minimum absolute atomic E-state index is 0.0310. The van der Waals surface area contributed by atoms with Gasteiger partial charge in [0.05, 0.1) is 16.8 Å². The number of piperidine rings is 1. The van der Waals surface area contributed by atoms with E-state index in [1.807, 2.05) is 0 Å². The number of nitrogens with zero attached hydrogens (tertiary/aromatic N) is 2. The first kappa shape index (κ1) is 26.8. The molecule has 3 aliphatic heterocycles. The SMILES string of the molecule is CN(C(=O)Oc1ccc2c(c1)C(=O)N(C1CCC(=O)NC1=O)C2)c1cc(F)c2c(c1)C1(CCC(F)(F)CC1)C(=O)N2. The number of carbonyl (C=O) groups excluding carboxylic acids is 5. The van der Waals surface area contributed by atoms with Gasteiger partial charge >= 0.3 is 6.09 Å². The Morgan fingerprint density at radius 2 is 1.78 bits per heavy atom. The van der Waals surface area contributed by atoms with E-state index in [2.05, 4.69) is 10.6 Å². The summed E-state index contributed by atoms with van der Waals surface area (Å²) in [7, 11) is 1.33. The van der Waals surface area contributed by atoms with Crippen LogP contribution in [0.2, 0.25) is 0 Å². The van der Waals surface area contributed by atoms with Crippen molar-refractivity contribution in [2.45, 2.75) is 62.4 Å². The number of fused-ring (bicyclic) bond motifs is 3. The lowest BCUT2D eigenvalue weighted by molar-refractivity contribution is -0.137. The van der Waals surface area contributed by atoms with Crippen LogP contribution in [0.15, 0.2) is 30.3 Å². The van der Waals surface area contributed by atoms with Crippen LogP contribution in [0.1, 0.15) is 60.0 Å². The monoisotopic (exact) mass is 570 g/mol. The van der Waals surface area contributed by atoms with Crippen LogP contribution >= 0.6 is 0 Å². The molecule has 6 rings (SSSR count). The van der Waals surface area contributed by atoms with Gasteiger partial charge in [0.15, 0.2) is 0 Å². The number of carbonyl (C=O) groups is 5. The number of rotatable bonds is 3. The lowest BCUT2D eigenvalue weighted by Crippen LogP contribution is -2.52. The number of benzene rings is 2. The van der Waals surface area contributed by atoms with Crippen LogP contribution in [0, 0.1) is 5.82 Å². The van der Waals surface area contributed by atoms with Crippen molar-refractivity contribution in [3.63, 3.8) is 0 Å². The zero-order valence-corrected chi connectivity index (χ0v) is 21.9. The van der Waals surface area contributed by atoms with Gasteiger partial charge in [-0.1, -0.05) is 6.07 Å². The number of halogens is 3. The molecule has 4 aliphatic rings. The molecule has 0 radical (unpaired) electrons. The van der Waals surface area contributed by atoms with Crippen LogP contribution in [0.3, 0.4) is 0 Å². The van der Waals surface area contributed by atoms with Crippen molar-refractivity contribution in [2.75, 3.05) is 17.3 Å². The first-order chi connectivity index (χ1) is 19.4. The second-order valence-corrected chi connectivity index (χ2v) is 10.9. The molecular weight excluding hydrogens is 545 g/mol. The van der Waals surface area contributed by atoms with Gasteiger partial charge in [-0.25, -0.2) is 18.0 Å². The molecule has 1 atom stereocenters. The van der Waals surface area contributed by atoms with E-state index in [1.54, 1.807) is 6.07 Å². The molecule has 2 fully saturated rings. The van der Waals surface area contributed by atoms with Crippen LogP contribution < -0.4 is 20.3 Å². The first-order valence-electron chi connectivity index (χ1n) is 13.1. The second-order valence-electron chi connectivity index (χ2n) is 10.9. The summed E-state index contributed by atoms with van der Waals surface area (Å²) in [4.78, 5) is 65.0. The van der Waals surface area contributed by atoms with Crippen LogP contribution in [0.5, 0.6) is 5.75 Å². The molecular formula is C28H25F3N4O6. The largest absolute Gasteiger partial charge is 0.419 e. The predicted molar refractivity (Wildman–Crippen MR) is 137 cm³/mol. The fourth-order valence-corrected chi connectivity index (χ4v) is 6.06. The fourth-order valence-electron chi connectivity index (χ4n) is 6.06. The Bertz CT molecular complexity index is 1530. The molecule has 13 heteroatoms. The van der Waals surface area contributed by atoms with Crippen molar-refractivity contribution in [3.05, 3.63) is 52.8 Å². The number of ether oxygens (including phenoxy) is 1. The lowest BCUT2D eigenvalue weighted by Gasteiger charge is -2.35. The molecule has 0 bridgehead atoms. The highest BCUT2D eigenvalue weighted by Gasteiger charge is 2.53. The van der Waals surface area contributed by atoms with E-state index >= 15 is 4.39 Å². The second kappa shape index (κ2) is 9.32. The number of anilines is 2. The molecule has 5 amide bonds. The van der Waals surface area contributed by atoms with Gasteiger partial charge in [0.25, 0.3) is 5.91 Å². The minimum Gasteiger partial charge on any atom is -0.410 e. The summed E-state index contributed by atoms with van der Waals surface area (Å²) in [5, 5.41) is 4.71. The van der Waals surface area contributed by atoms with Crippen molar-refractivity contribution in [1.29, 1.82) is 0 Å². The minimum atomic E-state index is -2.90. The van der Waals surface area contributed by atoms with Gasteiger partial charge in [-0.15, -0.1) is 0 Å². The molecule has 3 heterocycles. The molecule has 0 aromatic heterocycles. The predicted octanol–water partition coefficient (Wildman–Crippen LogP) is 3.62. The van der Waals surface area contributed by atoms with Crippen molar-refractivity contribution >= 4 is 41.1 Å². The summed E-state index contributed by atoms with van der Waals surface area (Å²) in [6, 6.07) is 6.13. The number of hydrogen-bond acceptors (Lipinski definition) is 6. The Labute approximate surface area is 231 Å². The van der Waals surface area contributed by atoms with E-state index in [9.17, 15) is 32.8 Å². The maximum atomic E-state index is 15.1. The fraction of sp³-hybridized carbons (Fsp3) is 0.393. The molecule has 1 unspecified atom stereocenters. The van der Waals surface area contributed by atoms with Gasteiger partial charge in [0, 0.05) is 38.4 Å². The van der Waals surface area contributed by atoms with Crippen molar-refractivity contribution in [3.8, 4) is 5.75 Å². The third-order valence-electron chi connectivity index (χ3n) is 8.46. The maximum Gasteiger partial charge on any atom is 0.419 e. The Morgan fingerprint density at radius 3 is 2.49 bits per heavy atom. The lowest BCUT2D eigenvalue weighted by atomic mass is 9.69. The van der Waals surface area contributed by atoms with Crippen molar-refractivity contribution in [2.24, 2.45) is 0 Å². The summed E-state index contributed by atoms with van der Waals surface area (Å²) < 4.78 is 48.3. The zero-order valence-electron chi connectivity index (χ0n) is 21.9. The number of alkyl halides is 2. The van der Waals surface area contributed by atoms with E-state index in [1.165, 1.54) is 30.1 Å². The van der Waals surface area contributed by atoms with Gasteiger partial charge in [0.2, 0.25) is 23.6 Å². The van der Waals surface area contributed by atoms with E-state index in [0.29, 0.717) is 5.56 Å². The van der Waals surface area contributed by atoms with Crippen molar-refractivity contribution < 1.29 is 41.9 Å². The molecule has 1 saturated heterocycles. The Morgan fingerprint density at radius 1 is 1.05 bits per heavy atom. The molecule has 214 valence electrons. The van der Waals surface area contributed by atoms with Gasteiger partial charge in [-0.3, -0.25) is 29.4 Å². The molecule has 10 nitrogen and oxygen atoms in total. The summed E-state index contributed by atoms with van der Waals surface area (Å²) >= 11 is 0. The Hall–Kier alpha value is -4.42. The Balaban J connectivity index is 1.20. The maximum absolute atomic E-state index is 15.1. The molecule has 1 aliphatic carbocycles. The third-order valence-corrected chi connectivity index (χ3v) is 8.46. The summed E-state index contributed by atoms with van der Waals surface area (Å²) in [6.07, 6.45) is -1.93. The molecule has 1 saturated carbocycles. The van der Waals surface area contributed by atoms with Crippen molar-refractivity contribution in [1.82, 2.24) is 10.2 Å². The molecule has 2 aromatic carbocycles. The molecule has 41 heavy (non-hydrogen) atoms. The van der Waals surface area contributed by atoms with Gasteiger partial charge in [0.1, 0.15) is 17.6 Å². The summed E-state index contributed by atoms with van der Waals surface area (Å²) in [5.74, 6) is -5.60. The van der Waals surface area contributed by atoms with E-state index < -0.39 is 65.8 Å². The zero-order chi connectivity index (χ0) is 29.3. The highest BCUT2D eigenvalue weighted by molar-refractivity contribution is 6.07. The summed E-state index contributed by atoms with van der Waals surface area (Å²) in [6.45, 7) is 0.156. The quantitative estimate of drug-likeness (QED) is 0.544. The summed E-state index contributed by atoms with van der Waals surface area (Å²) in [5.41, 5.74) is -0.248. The van der Waals surface area contributed by atoms with Gasteiger partial charge in [-0.05, 0) is 54.7 Å². The van der Waals surface area contributed by atoms with E-state index in [-0.39, 0.29) is 60.5 Å². The number of amides is 5. The first-order valence-corrected chi connectivity index (χ1v) is 13.1. The number of hydrogen-bond donors (Lipinski definition) is 2. The van der Waals surface area contributed by atoms with Crippen LogP contribution in [0.25, 0.3) is 0 Å². The van der Waals surface area contributed by atoms with Gasteiger partial charge < -0.3 is 15.0 Å². The van der Waals surface area contributed by atoms with E-state index in [4.69, 9.17) is 4.74 Å². The smallest absolute Gasteiger partial charge is 0.410 e. The van der Waals surface area contributed by atoms with E-state index in [0.717, 1.165) is 11.0 Å². The highest BCUT2D eigenvalue weighted by Crippen LogP contribution is 2.52. The number of nitrogens with one attached hydrogen (secondary N) is 2. The number of imide groups is 1. The molecule has 2 aromatic rings. The average molecular weight is 571 g/mol. The van der Waals surface area contributed by atoms with Crippen LogP contribution in [-0.4, -0.2) is 53.6 Å². The Kier molecular flexibility index (Phi) is 6.09. The third kappa shape index (κ3) is 4.39. The molecule has 2 N–H and O–H groups in total.